The van der Waals surface area contributed by atoms with E-state index < -0.39 is 5.60 Å². The van der Waals surface area contributed by atoms with Gasteiger partial charge in [0.05, 0.1) is 0 Å². The summed E-state index contributed by atoms with van der Waals surface area (Å²) >= 11 is 0. The maximum Gasteiger partial charge on any atom is 0.410 e. The van der Waals surface area contributed by atoms with Crippen LogP contribution in [0, 0.1) is 5.92 Å². The molecule has 1 aliphatic heterocycles. The van der Waals surface area contributed by atoms with Gasteiger partial charge < -0.3 is 15.0 Å². The van der Waals surface area contributed by atoms with E-state index in [1.807, 2.05) is 25.7 Å². The van der Waals surface area contributed by atoms with Crippen LogP contribution in [0.15, 0.2) is 0 Å². The van der Waals surface area contributed by atoms with Crippen LogP contribution >= 0.6 is 0 Å². The predicted molar refractivity (Wildman–Crippen MR) is 90.0 cm³/mol. The molecule has 2 fully saturated rings. The number of carbonyl (C=O) groups excluding carboxylic acids is 1. The van der Waals surface area contributed by atoms with Crippen molar-refractivity contribution in [2.45, 2.75) is 96.9 Å². The van der Waals surface area contributed by atoms with Gasteiger partial charge in [0.15, 0.2) is 0 Å². The number of hydrogen-bond acceptors (Lipinski definition) is 3. The zero-order chi connectivity index (χ0) is 16.3. The highest BCUT2D eigenvalue weighted by Gasteiger charge is 2.32. The van der Waals surface area contributed by atoms with Crippen molar-refractivity contribution in [2.75, 3.05) is 6.54 Å². The number of likely N-dealkylation sites (tertiary alicyclic amines) is 1. The van der Waals surface area contributed by atoms with Gasteiger partial charge in [0.1, 0.15) is 5.60 Å². The lowest BCUT2D eigenvalue weighted by Crippen LogP contribution is -2.52. The molecule has 0 radical (unpaired) electrons. The molecule has 1 amide bonds. The first-order valence-electron chi connectivity index (χ1n) is 9.00. The van der Waals surface area contributed by atoms with Gasteiger partial charge in [-0.25, -0.2) is 4.79 Å². The molecular formula is C18H34N2O2. The maximum absolute atomic E-state index is 12.2. The van der Waals surface area contributed by atoms with E-state index in [4.69, 9.17) is 4.74 Å². The Hall–Kier alpha value is -0.770. The van der Waals surface area contributed by atoms with Gasteiger partial charge in [-0.1, -0.05) is 19.3 Å². The minimum atomic E-state index is -0.414. The summed E-state index contributed by atoms with van der Waals surface area (Å²) < 4.78 is 5.51. The Morgan fingerprint density at radius 1 is 1.32 bits per heavy atom. The molecule has 2 aliphatic rings. The van der Waals surface area contributed by atoms with Crippen molar-refractivity contribution in [3.05, 3.63) is 0 Å². The van der Waals surface area contributed by atoms with E-state index in [0.29, 0.717) is 12.1 Å². The van der Waals surface area contributed by atoms with Crippen LogP contribution in [0.25, 0.3) is 0 Å². The molecule has 4 nitrogen and oxygen atoms in total. The molecule has 3 unspecified atom stereocenters. The molecule has 0 aromatic rings. The third-order valence-electron chi connectivity index (χ3n) is 4.94. The SMILES string of the molecule is CC(CC1CCC1)NC1CCN(C(=O)OC(C)(C)C)C(C)C1. The Bertz CT molecular complexity index is 374. The predicted octanol–water partition coefficient (Wildman–Crippen LogP) is 3.94. The monoisotopic (exact) mass is 310 g/mol. The molecule has 0 aromatic carbocycles. The molecule has 0 aromatic heterocycles. The highest BCUT2D eigenvalue weighted by Crippen LogP contribution is 2.31. The number of piperidine rings is 1. The van der Waals surface area contributed by atoms with Crippen molar-refractivity contribution in [1.29, 1.82) is 0 Å². The highest BCUT2D eigenvalue weighted by molar-refractivity contribution is 5.68. The van der Waals surface area contributed by atoms with Crippen LogP contribution in [0.2, 0.25) is 0 Å². The fraction of sp³-hybridized carbons (Fsp3) is 0.944. The molecule has 0 spiro atoms. The maximum atomic E-state index is 12.2. The van der Waals surface area contributed by atoms with Crippen LogP contribution in [0.5, 0.6) is 0 Å². The molecule has 128 valence electrons. The number of rotatable bonds is 4. The lowest BCUT2D eigenvalue weighted by molar-refractivity contribution is 0.00892. The van der Waals surface area contributed by atoms with Gasteiger partial charge in [0.25, 0.3) is 0 Å². The van der Waals surface area contributed by atoms with E-state index in [-0.39, 0.29) is 12.1 Å². The summed E-state index contributed by atoms with van der Waals surface area (Å²) in [5.74, 6) is 0.946. The minimum Gasteiger partial charge on any atom is -0.444 e. The molecule has 2 rings (SSSR count). The summed E-state index contributed by atoms with van der Waals surface area (Å²) in [5.41, 5.74) is -0.414. The summed E-state index contributed by atoms with van der Waals surface area (Å²) in [6.07, 6.45) is 7.44. The van der Waals surface area contributed by atoms with Crippen molar-refractivity contribution >= 4 is 6.09 Å². The normalized spacial score (nSPS) is 28.1. The number of ether oxygens (including phenoxy) is 1. The van der Waals surface area contributed by atoms with Crippen LogP contribution in [-0.4, -0.2) is 41.3 Å². The highest BCUT2D eigenvalue weighted by atomic mass is 16.6. The summed E-state index contributed by atoms with van der Waals surface area (Å²) in [6, 6.07) is 1.37. The number of nitrogens with zero attached hydrogens (tertiary/aromatic N) is 1. The second kappa shape index (κ2) is 7.20. The van der Waals surface area contributed by atoms with Crippen LogP contribution < -0.4 is 5.32 Å². The van der Waals surface area contributed by atoms with E-state index in [1.165, 1.54) is 25.7 Å². The smallest absolute Gasteiger partial charge is 0.410 e. The van der Waals surface area contributed by atoms with E-state index in [1.54, 1.807) is 0 Å². The summed E-state index contributed by atoms with van der Waals surface area (Å²) in [4.78, 5) is 14.1. The first-order chi connectivity index (χ1) is 10.2. The number of nitrogens with one attached hydrogen (secondary N) is 1. The van der Waals surface area contributed by atoms with Crippen LogP contribution in [0.1, 0.15) is 73.1 Å². The quantitative estimate of drug-likeness (QED) is 0.855. The number of hydrogen-bond donors (Lipinski definition) is 1. The van der Waals surface area contributed by atoms with Crippen molar-refractivity contribution in [3.8, 4) is 0 Å². The molecule has 22 heavy (non-hydrogen) atoms. The van der Waals surface area contributed by atoms with Crippen LogP contribution in [0.4, 0.5) is 4.79 Å². The van der Waals surface area contributed by atoms with Gasteiger partial charge in [-0.2, -0.15) is 0 Å². The fourth-order valence-electron chi connectivity index (χ4n) is 3.61. The zero-order valence-electron chi connectivity index (χ0n) is 15.0. The average molecular weight is 310 g/mol. The third-order valence-corrected chi connectivity index (χ3v) is 4.94. The first-order valence-corrected chi connectivity index (χ1v) is 9.00. The van der Waals surface area contributed by atoms with E-state index >= 15 is 0 Å². The Labute approximate surface area is 136 Å². The molecular weight excluding hydrogens is 276 g/mol. The molecule has 1 saturated heterocycles. The molecule has 4 heteroatoms. The lowest BCUT2D eigenvalue weighted by atomic mass is 9.81. The van der Waals surface area contributed by atoms with Crippen molar-refractivity contribution in [1.82, 2.24) is 10.2 Å². The number of carbonyl (C=O) groups is 1. The van der Waals surface area contributed by atoms with Gasteiger partial charge >= 0.3 is 6.09 Å². The summed E-state index contributed by atoms with van der Waals surface area (Å²) in [7, 11) is 0. The molecule has 1 saturated carbocycles. The Balaban J connectivity index is 1.75. The van der Waals surface area contributed by atoms with Gasteiger partial charge in [-0.3, -0.25) is 0 Å². The van der Waals surface area contributed by atoms with Crippen molar-refractivity contribution < 1.29 is 9.53 Å². The molecule has 3 atom stereocenters. The second-order valence-corrected chi connectivity index (χ2v) is 8.34. The minimum absolute atomic E-state index is 0.166. The van der Waals surface area contributed by atoms with Gasteiger partial charge in [-0.05, 0) is 59.8 Å². The van der Waals surface area contributed by atoms with E-state index in [9.17, 15) is 4.79 Å². The fourth-order valence-corrected chi connectivity index (χ4v) is 3.61. The number of amides is 1. The topological polar surface area (TPSA) is 41.6 Å². The first kappa shape index (κ1) is 17.6. The van der Waals surface area contributed by atoms with Gasteiger partial charge in [-0.15, -0.1) is 0 Å². The van der Waals surface area contributed by atoms with Crippen LogP contribution in [-0.2, 0) is 4.74 Å². The lowest BCUT2D eigenvalue weighted by Gasteiger charge is -2.40. The molecule has 1 N–H and O–H groups in total. The Morgan fingerprint density at radius 2 is 2.00 bits per heavy atom. The van der Waals surface area contributed by atoms with Crippen molar-refractivity contribution in [3.63, 3.8) is 0 Å². The molecule has 0 bridgehead atoms. The summed E-state index contributed by atoms with van der Waals surface area (Å²) in [6.45, 7) is 11.0. The molecule has 1 aliphatic carbocycles. The largest absolute Gasteiger partial charge is 0.444 e. The Kier molecular flexibility index (Phi) is 5.76. The summed E-state index contributed by atoms with van der Waals surface area (Å²) in [5, 5.41) is 3.78. The van der Waals surface area contributed by atoms with Gasteiger partial charge in [0, 0.05) is 24.7 Å². The zero-order valence-corrected chi connectivity index (χ0v) is 15.0. The standard InChI is InChI=1S/C18H34N2O2/c1-13(11-15-7-6-8-15)19-16-9-10-20(14(2)12-16)17(21)22-18(3,4)5/h13-16,19H,6-12H2,1-5H3. The Morgan fingerprint density at radius 3 is 2.50 bits per heavy atom. The van der Waals surface area contributed by atoms with E-state index in [0.717, 1.165) is 25.3 Å². The average Bonchev–Trinajstić information content (AvgIpc) is 2.31. The molecule has 1 heterocycles. The van der Waals surface area contributed by atoms with Crippen molar-refractivity contribution in [2.24, 2.45) is 5.92 Å². The van der Waals surface area contributed by atoms with Crippen LogP contribution in [0.3, 0.4) is 0 Å². The van der Waals surface area contributed by atoms with Gasteiger partial charge in [0.2, 0.25) is 0 Å². The third kappa shape index (κ3) is 5.15. The second-order valence-electron chi connectivity index (χ2n) is 8.34. The van der Waals surface area contributed by atoms with E-state index in [2.05, 4.69) is 19.2 Å².